The largest absolute Gasteiger partial charge is 0.326 e. The maximum atomic E-state index is 12.8. The number of benzene rings is 3. The van der Waals surface area contributed by atoms with Crippen molar-refractivity contribution in [2.24, 2.45) is 0 Å². The van der Waals surface area contributed by atoms with Crippen molar-refractivity contribution in [3.8, 4) is 0 Å². The lowest BCUT2D eigenvalue weighted by Crippen LogP contribution is -2.23. The van der Waals surface area contributed by atoms with Gasteiger partial charge in [0.05, 0.1) is 0 Å². The molecule has 1 saturated heterocycles. The highest BCUT2D eigenvalue weighted by Gasteiger charge is 2.22. The number of nitrogens with zero attached hydrogens (tertiary/aromatic N) is 1. The maximum Gasteiger partial charge on any atom is 0.227 e. The number of carbonyl (C=O) groups excluding carboxylic acids is 2. The van der Waals surface area contributed by atoms with E-state index >= 15 is 0 Å². The summed E-state index contributed by atoms with van der Waals surface area (Å²) in [5.74, 6) is 0.127. The minimum absolute atomic E-state index is 0.00102. The lowest BCUT2D eigenvalue weighted by molar-refractivity contribution is -0.117. The number of rotatable bonds is 6. The van der Waals surface area contributed by atoms with Crippen LogP contribution >= 0.6 is 0 Å². The van der Waals surface area contributed by atoms with E-state index in [1.165, 1.54) is 0 Å². The molecule has 2 amide bonds. The second kappa shape index (κ2) is 8.74. The quantitative estimate of drug-likeness (QED) is 0.652. The van der Waals surface area contributed by atoms with E-state index in [1.807, 2.05) is 60.7 Å². The minimum Gasteiger partial charge on any atom is -0.326 e. The van der Waals surface area contributed by atoms with E-state index < -0.39 is 0 Å². The summed E-state index contributed by atoms with van der Waals surface area (Å²) in [6.45, 7) is 0.764. The first-order chi connectivity index (χ1) is 14.2. The van der Waals surface area contributed by atoms with Crippen LogP contribution in [0.25, 0.3) is 0 Å². The number of hydrogen-bond donors (Lipinski definition) is 1. The minimum atomic E-state index is -0.0345. The molecule has 1 fully saturated rings. The molecule has 29 heavy (non-hydrogen) atoms. The normalized spacial score (nSPS) is 13.7. The second-order valence-electron chi connectivity index (χ2n) is 7.32. The van der Waals surface area contributed by atoms with Crippen LogP contribution in [-0.4, -0.2) is 18.4 Å². The van der Waals surface area contributed by atoms with Crippen molar-refractivity contribution in [1.82, 2.24) is 0 Å². The number of amides is 2. The average Bonchev–Trinajstić information content (AvgIpc) is 3.20. The van der Waals surface area contributed by atoms with Crippen LogP contribution < -0.4 is 10.2 Å². The Labute approximate surface area is 171 Å². The van der Waals surface area contributed by atoms with Gasteiger partial charge in [0.1, 0.15) is 0 Å². The first-order valence-electron chi connectivity index (χ1n) is 10.0. The maximum absolute atomic E-state index is 12.8. The highest BCUT2D eigenvalue weighted by atomic mass is 16.2. The standard InChI is InChI=1S/C25H24N2O2/c28-24(26-21-13-15-22(16-14-21)27-17-7-12-25(27)29)18-23(19-8-3-1-4-9-19)20-10-5-2-6-11-20/h1-6,8-11,13-16,23H,7,12,17-18H2,(H,26,28). The SMILES string of the molecule is O=C(CC(c1ccccc1)c1ccccc1)Nc1ccc(N2CCCC2=O)cc1. The van der Waals surface area contributed by atoms with Crippen molar-refractivity contribution >= 4 is 23.2 Å². The molecule has 0 bridgehead atoms. The van der Waals surface area contributed by atoms with E-state index in [4.69, 9.17) is 0 Å². The van der Waals surface area contributed by atoms with E-state index in [0.717, 1.165) is 35.5 Å². The van der Waals surface area contributed by atoms with Crippen LogP contribution in [0.3, 0.4) is 0 Å². The third-order valence-electron chi connectivity index (χ3n) is 5.33. The van der Waals surface area contributed by atoms with Crippen LogP contribution in [0.4, 0.5) is 11.4 Å². The number of carbonyl (C=O) groups is 2. The van der Waals surface area contributed by atoms with Gasteiger partial charge >= 0.3 is 0 Å². The van der Waals surface area contributed by atoms with E-state index in [2.05, 4.69) is 29.6 Å². The molecule has 146 valence electrons. The van der Waals surface area contributed by atoms with E-state index in [-0.39, 0.29) is 17.7 Å². The Morgan fingerprint density at radius 2 is 1.45 bits per heavy atom. The molecule has 3 aromatic rings. The molecule has 0 unspecified atom stereocenters. The van der Waals surface area contributed by atoms with Crippen molar-refractivity contribution in [2.45, 2.75) is 25.2 Å². The summed E-state index contributed by atoms with van der Waals surface area (Å²) in [4.78, 5) is 26.5. The molecule has 4 heteroatoms. The van der Waals surface area contributed by atoms with Gasteiger partial charge in [-0.25, -0.2) is 0 Å². The van der Waals surface area contributed by atoms with Crippen LogP contribution in [0.1, 0.15) is 36.3 Å². The Morgan fingerprint density at radius 3 is 1.97 bits per heavy atom. The van der Waals surface area contributed by atoms with Crippen LogP contribution in [-0.2, 0) is 9.59 Å². The number of anilines is 2. The molecule has 4 rings (SSSR count). The van der Waals surface area contributed by atoms with Crippen molar-refractivity contribution in [3.05, 3.63) is 96.1 Å². The van der Waals surface area contributed by atoms with Crippen LogP contribution in [0.5, 0.6) is 0 Å². The summed E-state index contributed by atoms with van der Waals surface area (Å²) < 4.78 is 0. The van der Waals surface area contributed by atoms with Gasteiger partial charge in [-0.1, -0.05) is 60.7 Å². The second-order valence-corrected chi connectivity index (χ2v) is 7.32. The molecule has 0 radical (unpaired) electrons. The third-order valence-corrected chi connectivity index (χ3v) is 5.33. The molecule has 0 atom stereocenters. The summed E-state index contributed by atoms with van der Waals surface area (Å²) in [6.07, 6.45) is 1.87. The zero-order valence-corrected chi connectivity index (χ0v) is 16.3. The topological polar surface area (TPSA) is 49.4 Å². The summed E-state index contributed by atoms with van der Waals surface area (Å²) in [5.41, 5.74) is 3.87. The van der Waals surface area contributed by atoms with Gasteiger partial charge in [-0.15, -0.1) is 0 Å². The molecule has 0 aliphatic carbocycles. The smallest absolute Gasteiger partial charge is 0.227 e. The Kier molecular flexibility index (Phi) is 5.71. The molecule has 4 nitrogen and oxygen atoms in total. The lowest BCUT2D eigenvalue weighted by atomic mass is 9.88. The van der Waals surface area contributed by atoms with Crippen molar-refractivity contribution in [1.29, 1.82) is 0 Å². The Morgan fingerprint density at radius 1 is 0.862 bits per heavy atom. The molecular weight excluding hydrogens is 360 g/mol. The monoisotopic (exact) mass is 384 g/mol. The Hall–Kier alpha value is -3.40. The summed E-state index contributed by atoms with van der Waals surface area (Å²) in [5, 5.41) is 3.00. The molecule has 0 aromatic heterocycles. The molecule has 3 aromatic carbocycles. The van der Waals surface area contributed by atoms with Crippen molar-refractivity contribution in [2.75, 3.05) is 16.8 Å². The summed E-state index contributed by atoms with van der Waals surface area (Å²) in [6, 6.07) is 27.7. The predicted molar refractivity (Wildman–Crippen MR) is 116 cm³/mol. The number of nitrogens with one attached hydrogen (secondary N) is 1. The van der Waals surface area contributed by atoms with Crippen LogP contribution in [0, 0.1) is 0 Å². The van der Waals surface area contributed by atoms with Crippen LogP contribution in [0.15, 0.2) is 84.9 Å². The zero-order chi connectivity index (χ0) is 20.1. The first kappa shape index (κ1) is 18.9. The molecule has 0 spiro atoms. The summed E-state index contributed by atoms with van der Waals surface area (Å²) in [7, 11) is 0. The molecule has 1 aliphatic rings. The van der Waals surface area contributed by atoms with Gasteiger partial charge in [0.15, 0.2) is 0 Å². The zero-order valence-electron chi connectivity index (χ0n) is 16.3. The van der Waals surface area contributed by atoms with Gasteiger partial charge in [0.25, 0.3) is 0 Å². The Bertz CT molecular complexity index is 929. The highest BCUT2D eigenvalue weighted by Crippen LogP contribution is 2.29. The average molecular weight is 384 g/mol. The van der Waals surface area contributed by atoms with Crippen molar-refractivity contribution < 1.29 is 9.59 Å². The van der Waals surface area contributed by atoms with Gasteiger partial charge < -0.3 is 10.2 Å². The molecule has 1 N–H and O–H groups in total. The highest BCUT2D eigenvalue weighted by molar-refractivity contribution is 5.96. The molecule has 0 saturated carbocycles. The molecular formula is C25H24N2O2. The van der Waals surface area contributed by atoms with Crippen LogP contribution in [0.2, 0.25) is 0 Å². The lowest BCUT2D eigenvalue weighted by Gasteiger charge is -2.18. The van der Waals surface area contributed by atoms with Gasteiger partial charge in [-0.2, -0.15) is 0 Å². The van der Waals surface area contributed by atoms with E-state index in [9.17, 15) is 9.59 Å². The van der Waals surface area contributed by atoms with Gasteiger partial charge in [0.2, 0.25) is 11.8 Å². The number of hydrogen-bond acceptors (Lipinski definition) is 2. The van der Waals surface area contributed by atoms with Crippen molar-refractivity contribution in [3.63, 3.8) is 0 Å². The van der Waals surface area contributed by atoms with Gasteiger partial charge in [-0.3, -0.25) is 9.59 Å². The Balaban J connectivity index is 1.46. The molecule has 1 heterocycles. The third kappa shape index (κ3) is 4.54. The van der Waals surface area contributed by atoms with Gasteiger partial charge in [-0.05, 0) is 41.8 Å². The molecule has 1 aliphatic heterocycles. The fourth-order valence-corrected chi connectivity index (χ4v) is 3.84. The first-order valence-corrected chi connectivity index (χ1v) is 10.0. The van der Waals surface area contributed by atoms with E-state index in [1.54, 1.807) is 4.90 Å². The fourth-order valence-electron chi connectivity index (χ4n) is 3.84. The summed E-state index contributed by atoms with van der Waals surface area (Å²) >= 11 is 0. The van der Waals surface area contributed by atoms with E-state index in [0.29, 0.717) is 12.8 Å². The van der Waals surface area contributed by atoms with Gasteiger partial charge in [0, 0.05) is 36.7 Å². The predicted octanol–water partition coefficient (Wildman–Crippen LogP) is 4.97. The fraction of sp³-hybridized carbons (Fsp3) is 0.200.